The van der Waals surface area contributed by atoms with Crippen LogP contribution in [-0.2, 0) is 0 Å². The SMILES string of the molecule is CC(C)N1CCCC2CCCC21.CN. The lowest BCUT2D eigenvalue weighted by Crippen LogP contribution is -2.46. The fourth-order valence-corrected chi connectivity index (χ4v) is 3.13. The van der Waals surface area contributed by atoms with Crippen LogP contribution in [0.3, 0.4) is 0 Å². The van der Waals surface area contributed by atoms with E-state index in [0.717, 1.165) is 18.0 Å². The number of hydrogen-bond donors (Lipinski definition) is 1. The van der Waals surface area contributed by atoms with E-state index in [1.54, 1.807) is 0 Å². The van der Waals surface area contributed by atoms with Gasteiger partial charge in [0.25, 0.3) is 0 Å². The van der Waals surface area contributed by atoms with E-state index in [4.69, 9.17) is 0 Å². The molecular formula is C12H26N2. The Labute approximate surface area is 88.8 Å². The van der Waals surface area contributed by atoms with E-state index < -0.39 is 0 Å². The highest BCUT2D eigenvalue weighted by Crippen LogP contribution is 2.37. The van der Waals surface area contributed by atoms with E-state index in [2.05, 4.69) is 24.5 Å². The summed E-state index contributed by atoms with van der Waals surface area (Å²) in [5, 5.41) is 0. The summed E-state index contributed by atoms with van der Waals surface area (Å²) in [5.41, 5.74) is 4.50. The minimum Gasteiger partial charge on any atom is -0.333 e. The molecule has 14 heavy (non-hydrogen) atoms. The van der Waals surface area contributed by atoms with Crippen LogP contribution in [0.4, 0.5) is 0 Å². The van der Waals surface area contributed by atoms with E-state index in [-0.39, 0.29) is 0 Å². The van der Waals surface area contributed by atoms with Gasteiger partial charge in [-0.3, -0.25) is 4.90 Å². The first-order valence-corrected chi connectivity index (χ1v) is 6.12. The summed E-state index contributed by atoms with van der Waals surface area (Å²) in [7, 11) is 1.50. The van der Waals surface area contributed by atoms with Crippen molar-refractivity contribution < 1.29 is 0 Å². The van der Waals surface area contributed by atoms with E-state index in [9.17, 15) is 0 Å². The Morgan fingerprint density at radius 3 is 2.36 bits per heavy atom. The monoisotopic (exact) mass is 198 g/mol. The molecule has 2 nitrogen and oxygen atoms in total. The van der Waals surface area contributed by atoms with Crippen molar-refractivity contribution in [3.05, 3.63) is 0 Å². The molecule has 0 aromatic heterocycles. The average Bonchev–Trinajstić information content (AvgIpc) is 2.67. The van der Waals surface area contributed by atoms with Crippen LogP contribution in [0, 0.1) is 5.92 Å². The van der Waals surface area contributed by atoms with Crippen LogP contribution in [0.25, 0.3) is 0 Å². The summed E-state index contributed by atoms with van der Waals surface area (Å²) in [4.78, 5) is 2.74. The molecule has 2 fully saturated rings. The Kier molecular flexibility index (Phi) is 4.90. The number of fused-ring (bicyclic) bond motifs is 1. The summed E-state index contributed by atoms with van der Waals surface area (Å²) < 4.78 is 0. The minimum absolute atomic E-state index is 0.774. The van der Waals surface area contributed by atoms with Gasteiger partial charge in [-0.05, 0) is 59.0 Å². The minimum atomic E-state index is 0.774. The first-order chi connectivity index (χ1) is 6.79. The van der Waals surface area contributed by atoms with E-state index in [1.165, 1.54) is 45.7 Å². The van der Waals surface area contributed by atoms with Gasteiger partial charge in [-0.25, -0.2) is 0 Å². The molecule has 0 spiro atoms. The molecule has 0 aromatic rings. The predicted octanol–water partition coefficient (Wildman–Crippen LogP) is 2.23. The lowest BCUT2D eigenvalue weighted by molar-refractivity contribution is 0.0822. The van der Waals surface area contributed by atoms with Crippen molar-refractivity contribution in [2.24, 2.45) is 11.7 Å². The van der Waals surface area contributed by atoms with Crippen molar-refractivity contribution in [2.45, 2.75) is 58.0 Å². The quantitative estimate of drug-likeness (QED) is 0.700. The molecule has 84 valence electrons. The lowest BCUT2D eigenvalue weighted by atomic mass is 9.91. The van der Waals surface area contributed by atoms with Crippen LogP contribution in [-0.4, -0.2) is 30.6 Å². The highest BCUT2D eigenvalue weighted by Gasteiger charge is 2.35. The summed E-state index contributed by atoms with van der Waals surface area (Å²) in [6.45, 7) is 6.06. The zero-order valence-electron chi connectivity index (χ0n) is 10.00. The Morgan fingerprint density at radius 2 is 1.71 bits per heavy atom. The molecule has 0 radical (unpaired) electrons. The maximum absolute atomic E-state index is 4.50. The third kappa shape index (κ3) is 2.48. The zero-order chi connectivity index (χ0) is 10.6. The molecule has 0 amide bonds. The van der Waals surface area contributed by atoms with Crippen molar-refractivity contribution in [2.75, 3.05) is 13.6 Å². The molecule has 2 atom stereocenters. The van der Waals surface area contributed by atoms with Gasteiger partial charge in [-0.15, -0.1) is 0 Å². The van der Waals surface area contributed by atoms with Crippen molar-refractivity contribution in [3.8, 4) is 0 Å². The summed E-state index contributed by atoms with van der Waals surface area (Å²) in [5.74, 6) is 1.06. The number of likely N-dealkylation sites (tertiary alicyclic amines) is 1. The average molecular weight is 198 g/mol. The smallest absolute Gasteiger partial charge is 0.0126 e. The van der Waals surface area contributed by atoms with Crippen LogP contribution in [0.2, 0.25) is 0 Å². The second kappa shape index (κ2) is 5.72. The molecule has 1 aliphatic heterocycles. The summed E-state index contributed by atoms with van der Waals surface area (Å²) in [6, 6.07) is 1.73. The normalized spacial score (nSPS) is 32.4. The summed E-state index contributed by atoms with van der Waals surface area (Å²) >= 11 is 0. The van der Waals surface area contributed by atoms with Crippen molar-refractivity contribution in [1.82, 2.24) is 4.90 Å². The molecule has 1 heterocycles. The highest BCUT2D eigenvalue weighted by molar-refractivity contribution is 4.90. The van der Waals surface area contributed by atoms with Gasteiger partial charge in [0.15, 0.2) is 0 Å². The first-order valence-electron chi connectivity index (χ1n) is 6.12. The lowest BCUT2D eigenvalue weighted by Gasteiger charge is -2.40. The Hall–Kier alpha value is -0.0800. The van der Waals surface area contributed by atoms with Gasteiger partial charge in [-0.2, -0.15) is 0 Å². The third-order valence-corrected chi connectivity index (χ3v) is 3.70. The molecule has 2 heteroatoms. The fraction of sp³-hybridized carbons (Fsp3) is 1.00. The van der Waals surface area contributed by atoms with Gasteiger partial charge in [-0.1, -0.05) is 6.42 Å². The maximum Gasteiger partial charge on any atom is 0.0126 e. The van der Waals surface area contributed by atoms with Crippen LogP contribution in [0.1, 0.15) is 46.0 Å². The van der Waals surface area contributed by atoms with Gasteiger partial charge in [0.05, 0.1) is 0 Å². The Bertz CT molecular complexity index is 156. The van der Waals surface area contributed by atoms with Crippen molar-refractivity contribution in [3.63, 3.8) is 0 Å². The number of rotatable bonds is 1. The highest BCUT2D eigenvalue weighted by atomic mass is 15.2. The topological polar surface area (TPSA) is 29.3 Å². The molecule has 2 unspecified atom stereocenters. The molecular weight excluding hydrogens is 172 g/mol. The van der Waals surface area contributed by atoms with Gasteiger partial charge in [0.1, 0.15) is 0 Å². The van der Waals surface area contributed by atoms with E-state index in [0.29, 0.717) is 0 Å². The molecule has 2 N–H and O–H groups in total. The fourth-order valence-electron chi connectivity index (χ4n) is 3.13. The number of hydrogen-bond acceptors (Lipinski definition) is 2. The number of nitrogens with zero attached hydrogens (tertiary/aromatic N) is 1. The summed E-state index contributed by atoms with van der Waals surface area (Å²) in [6.07, 6.45) is 7.42. The molecule has 2 aliphatic rings. The molecule has 1 saturated heterocycles. The predicted molar refractivity (Wildman–Crippen MR) is 62.3 cm³/mol. The van der Waals surface area contributed by atoms with Gasteiger partial charge in [0.2, 0.25) is 0 Å². The Morgan fingerprint density at radius 1 is 1.07 bits per heavy atom. The molecule has 0 bridgehead atoms. The van der Waals surface area contributed by atoms with E-state index >= 15 is 0 Å². The molecule has 2 rings (SSSR count). The standard InChI is InChI=1S/C11H21N.CH5N/c1-9(2)12-8-4-6-10-5-3-7-11(10)12;1-2/h9-11H,3-8H2,1-2H3;2H2,1H3. The van der Waals surface area contributed by atoms with Gasteiger partial charge in [0, 0.05) is 12.1 Å². The largest absolute Gasteiger partial charge is 0.333 e. The third-order valence-electron chi connectivity index (χ3n) is 3.70. The zero-order valence-corrected chi connectivity index (χ0v) is 10.00. The molecule has 1 aliphatic carbocycles. The van der Waals surface area contributed by atoms with Crippen LogP contribution >= 0.6 is 0 Å². The maximum atomic E-state index is 4.50. The van der Waals surface area contributed by atoms with Gasteiger partial charge < -0.3 is 5.73 Å². The van der Waals surface area contributed by atoms with Crippen molar-refractivity contribution in [1.29, 1.82) is 0 Å². The first kappa shape index (κ1) is 12.0. The second-order valence-electron chi connectivity index (χ2n) is 4.73. The van der Waals surface area contributed by atoms with Crippen LogP contribution in [0.5, 0.6) is 0 Å². The molecule has 0 aromatic carbocycles. The Balaban J connectivity index is 0.000000461. The van der Waals surface area contributed by atoms with Crippen LogP contribution in [0.15, 0.2) is 0 Å². The van der Waals surface area contributed by atoms with Crippen molar-refractivity contribution >= 4 is 0 Å². The number of nitrogens with two attached hydrogens (primary N) is 1. The van der Waals surface area contributed by atoms with E-state index in [1.807, 2.05) is 0 Å². The number of piperidine rings is 1. The second-order valence-corrected chi connectivity index (χ2v) is 4.73. The van der Waals surface area contributed by atoms with Crippen LogP contribution < -0.4 is 5.73 Å². The van der Waals surface area contributed by atoms with Gasteiger partial charge >= 0.3 is 0 Å². The molecule has 1 saturated carbocycles.